The van der Waals surface area contributed by atoms with Crippen LogP contribution in [0.4, 0.5) is 0 Å². The highest BCUT2D eigenvalue weighted by molar-refractivity contribution is 7.99. The largest absolute Gasteiger partial charge is 0.480 e. The van der Waals surface area contributed by atoms with E-state index in [0.29, 0.717) is 12.8 Å². The molecule has 116 valence electrons. The predicted octanol–water partition coefficient (Wildman–Crippen LogP) is 2.66. The molecule has 1 spiro atoms. The van der Waals surface area contributed by atoms with Gasteiger partial charge >= 0.3 is 5.97 Å². The minimum Gasteiger partial charge on any atom is -0.480 e. The molecule has 0 bridgehead atoms. The van der Waals surface area contributed by atoms with Crippen molar-refractivity contribution in [1.82, 2.24) is 5.32 Å². The summed E-state index contributed by atoms with van der Waals surface area (Å²) in [6.45, 7) is 4.67. The number of nitrogens with one attached hydrogen (secondary N) is 1. The van der Waals surface area contributed by atoms with Gasteiger partial charge in [0.05, 0.1) is 5.60 Å². The summed E-state index contributed by atoms with van der Waals surface area (Å²) in [5.41, 5.74) is -0.764. The van der Waals surface area contributed by atoms with E-state index in [1.165, 1.54) is 11.5 Å². The first-order valence-electron chi connectivity index (χ1n) is 7.79. The summed E-state index contributed by atoms with van der Waals surface area (Å²) >= 11 is 2.00. The van der Waals surface area contributed by atoms with E-state index in [-0.39, 0.29) is 11.6 Å². The Morgan fingerprint density at radius 1 is 1.40 bits per heavy atom. The van der Waals surface area contributed by atoms with Gasteiger partial charge in [0.25, 0.3) is 0 Å². The van der Waals surface area contributed by atoms with Crippen LogP contribution in [0.3, 0.4) is 0 Å². The Hall–Kier alpha value is -0.260. The number of hydrogen-bond donors (Lipinski definition) is 2. The predicted molar refractivity (Wildman–Crippen MR) is 82.3 cm³/mol. The van der Waals surface area contributed by atoms with Crippen LogP contribution >= 0.6 is 11.8 Å². The summed E-state index contributed by atoms with van der Waals surface area (Å²) in [6.07, 6.45) is 5.34. The molecule has 2 aliphatic heterocycles. The highest BCUT2D eigenvalue weighted by atomic mass is 32.2. The highest BCUT2D eigenvalue weighted by Gasteiger charge is 2.43. The van der Waals surface area contributed by atoms with Crippen molar-refractivity contribution in [2.75, 3.05) is 18.1 Å². The van der Waals surface area contributed by atoms with E-state index in [1.807, 2.05) is 25.6 Å². The number of aliphatic carboxylic acids is 1. The van der Waals surface area contributed by atoms with Crippen LogP contribution in [-0.4, -0.2) is 46.4 Å². The van der Waals surface area contributed by atoms with Crippen LogP contribution in [0.2, 0.25) is 0 Å². The average Bonchev–Trinajstić information content (AvgIpc) is 2.45. The first kappa shape index (κ1) is 16.1. The van der Waals surface area contributed by atoms with Gasteiger partial charge < -0.3 is 9.84 Å². The third-order valence-electron chi connectivity index (χ3n) is 4.99. The maximum atomic E-state index is 11.6. The molecule has 2 rings (SSSR count). The maximum absolute atomic E-state index is 11.6. The van der Waals surface area contributed by atoms with Crippen LogP contribution in [0, 0.1) is 0 Å². The molecular weight excluding hydrogens is 274 g/mol. The highest BCUT2D eigenvalue weighted by Crippen LogP contribution is 2.38. The van der Waals surface area contributed by atoms with Crippen molar-refractivity contribution in [3.05, 3.63) is 0 Å². The molecule has 0 aromatic carbocycles. The Bertz CT molecular complexity index is 333. The molecule has 2 saturated heterocycles. The zero-order valence-corrected chi connectivity index (χ0v) is 13.4. The van der Waals surface area contributed by atoms with E-state index in [0.717, 1.165) is 32.3 Å². The first-order valence-corrected chi connectivity index (χ1v) is 8.94. The lowest BCUT2D eigenvalue weighted by atomic mass is 9.83. The van der Waals surface area contributed by atoms with E-state index >= 15 is 0 Å². The lowest BCUT2D eigenvalue weighted by Crippen LogP contribution is -2.59. The van der Waals surface area contributed by atoms with E-state index in [2.05, 4.69) is 5.32 Å². The second-order valence-electron chi connectivity index (χ2n) is 6.07. The minimum atomic E-state index is -0.771. The second-order valence-corrected chi connectivity index (χ2v) is 7.30. The maximum Gasteiger partial charge on any atom is 0.323 e. The molecule has 0 amide bonds. The number of thioether (sulfide) groups is 1. The van der Waals surface area contributed by atoms with Crippen LogP contribution < -0.4 is 5.32 Å². The van der Waals surface area contributed by atoms with Crippen molar-refractivity contribution in [3.8, 4) is 0 Å². The van der Waals surface area contributed by atoms with Crippen molar-refractivity contribution < 1.29 is 14.6 Å². The standard InChI is InChI=1S/C15H27NO3S/c1-3-15(4-2,13(17)18)16-12-5-8-19-14(11-12)6-9-20-10-7-14/h12,16H,3-11H2,1-2H3,(H,17,18). The monoisotopic (exact) mass is 301 g/mol. The van der Waals surface area contributed by atoms with Gasteiger partial charge in [-0.05, 0) is 50.0 Å². The topological polar surface area (TPSA) is 58.6 Å². The van der Waals surface area contributed by atoms with E-state index in [1.54, 1.807) is 0 Å². The number of carbonyl (C=O) groups is 1. The third kappa shape index (κ3) is 3.31. The molecule has 0 aromatic heterocycles. The molecule has 2 heterocycles. The molecule has 0 saturated carbocycles. The molecule has 2 N–H and O–H groups in total. The van der Waals surface area contributed by atoms with Crippen molar-refractivity contribution >= 4 is 17.7 Å². The lowest BCUT2D eigenvalue weighted by molar-refractivity contribution is -0.147. The zero-order valence-electron chi connectivity index (χ0n) is 12.6. The van der Waals surface area contributed by atoms with Crippen molar-refractivity contribution in [3.63, 3.8) is 0 Å². The summed E-state index contributed by atoms with van der Waals surface area (Å²) < 4.78 is 6.08. The van der Waals surface area contributed by atoms with Crippen LogP contribution in [0.1, 0.15) is 52.4 Å². The Morgan fingerprint density at radius 2 is 2.05 bits per heavy atom. The van der Waals surface area contributed by atoms with Crippen molar-refractivity contribution in [2.24, 2.45) is 0 Å². The van der Waals surface area contributed by atoms with Crippen LogP contribution in [0.5, 0.6) is 0 Å². The Morgan fingerprint density at radius 3 is 2.60 bits per heavy atom. The summed E-state index contributed by atoms with van der Waals surface area (Å²) in [4.78, 5) is 11.6. The molecular formula is C15H27NO3S. The van der Waals surface area contributed by atoms with Gasteiger partial charge in [0.1, 0.15) is 5.54 Å². The van der Waals surface area contributed by atoms with Gasteiger partial charge in [-0.15, -0.1) is 0 Å². The Labute approximate surface area is 126 Å². The lowest BCUT2D eigenvalue weighted by Gasteiger charge is -2.45. The van der Waals surface area contributed by atoms with Gasteiger partial charge in [0.15, 0.2) is 0 Å². The fourth-order valence-corrected chi connectivity index (χ4v) is 4.69. The summed E-state index contributed by atoms with van der Waals surface area (Å²) in [6, 6.07) is 0.267. The molecule has 1 atom stereocenters. The van der Waals surface area contributed by atoms with Crippen LogP contribution in [0.25, 0.3) is 0 Å². The fraction of sp³-hybridized carbons (Fsp3) is 0.933. The van der Waals surface area contributed by atoms with Gasteiger partial charge in [-0.1, -0.05) is 13.8 Å². The van der Waals surface area contributed by atoms with Gasteiger partial charge in [0, 0.05) is 12.6 Å². The molecule has 0 aromatic rings. The number of carboxylic acid groups (broad SMARTS) is 1. The van der Waals surface area contributed by atoms with Gasteiger partial charge in [-0.3, -0.25) is 10.1 Å². The molecule has 1 unspecified atom stereocenters. The average molecular weight is 301 g/mol. The van der Waals surface area contributed by atoms with Crippen molar-refractivity contribution in [1.29, 1.82) is 0 Å². The molecule has 20 heavy (non-hydrogen) atoms. The van der Waals surface area contributed by atoms with Crippen molar-refractivity contribution in [2.45, 2.75) is 69.6 Å². The fourth-order valence-electron chi connectivity index (χ4n) is 3.45. The van der Waals surface area contributed by atoms with E-state index in [9.17, 15) is 9.90 Å². The quantitative estimate of drug-likeness (QED) is 0.817. The summed E-state index contributed by atoms with van der Waals surface area (Å²) in [5, 5.41) is 13.0. The van der Waals surface area contributed by atoms with Crippen LogP contribution in [-0.2, 0) is 9.53 Å². The van der Waals surface area contributed by atoms with Crippen LogP contribution in [0.15, 0.2) is 0 Å². The normalized spacial score (nSPS) is 26.6. The van der Waals surface area contributed by atoms with Gasteiger partial charge in [0.2, 0.25) is 0 Å². The summed E-state index contributed by atoms with van der Waals surface area (Å²) in [7, 11) is 0. The molecule has 0 aliphatic carbocycles. The smallest absolute Gasteiger partial charge is 0.323 e. The molecule has 2 fully saturated rings. The number of hydrogen-bond acceptors (Lipinski definition) is 4. The zero-order chi connectivity index (χ0) is 14.6. The first-order chi connectivity index (χ1) is 9.56. The number of carboxylic acids is 1. The van der Waals surface area contributed by atoms with Gasteiger partial charge in [-0.25, -0.2) is 0 Å². The molecule has 2 aliphatic rings. The second kappa shape index (κ2) is 6.67. The molecule has 4 nitrogen and oxygen atoms in total. The minimum absolute atomic E-state index is 0.00684. The Balaban J connectivity index is 2.03. The Kier molecular flexibility index (Phi) is 5.37. The third-order valence-corrected chi connectivity index (χ3v) is 5.98. The van der Waals surface area contributed by atoms with E-state index in [4.69, 9.17) is 4.74 Å². The van der Waals surface area contributed by atoms with Gasteiger partial charge in [-0.2, -0.15) is 11.8 Å². The summed E-state index contributed by atoms with van der Waals surface area (Å²) in [5.74, 6) is 1.61. The van der Waals surface area contributed by atoms with E-state index < -0.39 is 11.5 Å². The molecule has 5 heteroatoms. The number of rotatable bonds is 5. The number of ether oxygens (including phenoxy) is 1. The SMILES string of the molecule is CCC(CC)(NC1CCOC2(CCSCC2)C1)C(=O)O. The molecule has 0 radical (unpaired) electrons.